The van der Waals surface area contributed by atoms with Crippen molar-refractivity contribution < 1.29 is 0 Å². The number of hydrogen-bond donors (Lipinski definition) is 0. The van der Waals surface area contributed by atoms with E-state index >= 15 is 0 Å². The van der Waals surface area contributed by atoms with Crippen LogP contribution in [-0.2, 0) is 0 Å². The normalized spacial score (nSPS) is 11.1. The molecule has 12 aromatic carbocycles. The summed E-state index contributed by atoms with van der Waals surface area (Å²) >= 11 is 0. The summed E-state index contributed by atoms with van der Waals surface area (Å²) in [5.41, 5.74) is 10.6. The maximum Gasteiger partial charge on any atom is -0.0103 e. The average molecular weight is 825 g/mol. The third-order valence-electron chi connectivity index (χ3n) is 12.9. The van der Waals surface area contributed by atoms with Crippen molar-refractivity contribution in [1.82, 2.24) is 0 Å². The van der Waals surface area contributed by atoms with E-state index in [1.54, 1.807) is 0 Å². The van der Waals surface area contributed by atoms with Gasteiger partial charge in [-0.15, -0.1) is 0 Å². The van der Waals surface area contributed by atoms with Gasteiger partial charge in [-0.25, -0.2) is 0 Å². The minimum absolute atomic E-state index is 1.32. The summed E-state index contributed by atoms with van der Waals surface area (Å²) in [7, 11) is 0. The highest BCUT2D eigenvalue weighted by atomic mass is 14.1. The zero-order chi connectivity index (χ0) is 44.5. The largest absolute Gasteiger partial charge is 0.0613 e. The highest BCUT2D eigenvalue weighted by Crippen LogP contribution is 2.31. The first-order valence-electron chi connectivity index (χ1n) is 22.6. The molecule has 312 valence electrons. The molecule has 0 aliphatic rings. The lowest BCUT2D eigenvalue weighted by atomic mass is 9.97. The lowest BCUT2D eigenvalue weighted by Gasteiger charge is -2.07. The smallest absolute Gasteiger partial charge is 0.0103 e. The van der Waals surface area contributed by atoms with Gasteiger partial charge in [0.1, 0.15) is 0 Å². The molecular formula is C64H56. The van der Waals surface area contributed by atoms with Gasteiger partial charge in [0.25, 0.3) is 0 Å². The van der Waals surface area contributed by atoms with Gasteiger partial charge in [-0.05, 0) is 158 Å². The predicted molar refractivity (Wildman–Crippen MR) is 284 cm³/mol. The molecule has 0 radical (unpaired) electrons. The van der Waals surface area contributed by atoms with Gasteiger partial charge in [0, 0.05) is 0 Å². The molecule has 0 saturated heterocycles. The number of aryl methyl sites for hydroxylation is 8. The second-order valence-corrected chi connectivity index (χ2v) is 17.9. The number of fused-ring (bicyclic) bond motifs is 12. The Morgan fingerprint density at radius 2 is 0.422 bits per heavy atom. The Labute approximate surface area is 378 Å². The quantitative estimate of drug-likeness (QED) is 0.134. The second-order valence-electron chi connectivity index (χ2n) is 17.9. The van der Waals surface area contributed by atoms with E-state index < -0.39 is 0 Å². The van der Waals surface area contributed by atoms with E-state index in [9.17, 15) is 0 Å². The Morgan fingerprint density at radius 3 is 0.812 bits per heavy atom. The summed E-state index contributed by atoms with van der Waals surface area (Å²) < 4.78 is 0. The fourth-order valence-electron chi connectivity index (χ4n) is 9.39. The Morgan fingerprint density at radius 1 is 0.172 bits per heavy atom. The molecule has 0 amide bonds. The molecule has 0 heterocycles. The van der Waals surface area contributed by atoms with Crippen LogP contribution in [0.4, 0.5) is 0 Å². The monoisotopic (exact) mass is 824 g/mol. The lowest BCUT2D eigenvalue weighted by Crippen LogP contribution is -1.82. The first kappa shape index (κ1) is 42.0. The summed E-state index contributed by atoms with van der Waals surface area (Å²) in [6, 6.07) is 70.5. The van der Waals surface area contributed by atoms with Gasteiger partial charge in [-0.1, -0.05) is 222 Å². The first-order valence-corrected chi connectivity index (χ1v) is 22.6. The van der Waals surface area contributed by atoms with Crippen LogP contribution in [0.3, 0.4) is 0 Å². The SMILES string of the molecule is Cc1ccc2c(ccc3cc(C)ccc32)c1.Cc1ccc2ccc3c(C)cccc3c2c1.Cc1ccc2ccc3ccc(C)cc3c2c1.Cc1cccc2c1ccc1c(C)cccc12. The molecule has 0 nitrogen and oxygen atoms in total. The van der Waals surface area contributed by atoms with Crippen LogP contribution in [0.1, 0.15) is 44.5 Å². The molecule has 0 bridgehead atoms. The first-order chi connectivity index (χ1) is 31.0. The van der Waals surface area contributed by atoms with E-state index in [2.05, 4.69) is 250 Å². The van der Waals surface area contributed by atoms with E-state index in [4.69, 9.17) is 0 Å². The van der Waals surface area contributed by atoms with Gasteiger partial charge >= 0.3 is 0 Å². The molecule has 0 saturated carbocycles. The number of benzene rings is 12. The summed E-state index contributed by atoms with van der Waals surface area (Å²) in [5.74, 6) is 0. The molecule has 12 rings (SSSR count). The average Bonchev–Trinajstić information content (AvgIpc) is 3.30. The van der Waals surface area contributed by atoms with Gasteiger partial charge in [-0.3, -0.25) is 0 Å². The van der Waals surface area contributed by atoms with E-state index in [0.29, 0.717) is 0 Å². The summed E-state index contributed by atoms with van der Waals surface area (Å²) in [5, 5.41) is 21.6. The molecule has 0 atom stereocenters. The topological polar surface area (TPSA) is 0 Å². The van der Waals surface area contributed by atoms with Gasteiger partial charge in [-0.2, -0.15) is 0 Å². The van der Waals surface area contributed by atoms with Crippen molar-refractivity contribution in [1.29, 1.82) is 0 Å². The lowest BCUT2D eigenvalue weighted by molar-refractivity contribution is 1.50. The molecule has 0 aliphatic heterocycles. The van der Waals surface area contributed by atoms with Crippen LogP contribution in [-0.4, -0.2) is 0 Å². The molecule has 0 fully saturated rings. The van der Waals surface area contributed by atoms with E-state index in [1.165, 1.54) is 131 Å². The molecule has 0 N–H and O–H groups in total. The van der Waals surface area contributed by atoms with Crippen molar-refractivity contribution in [3.8, 4) is 0 Å². The summed E-state index contributed by atoms with van der Waals surface area (Å²) in [4.78, 5) is 0. The standard InChI is InChI=1S/4C16H14/c1-11-3-7-15-13(9-11)5-6-14-10-12(2)4-8-16(14)15;1-11-3-5-13-7-8-14-6-4-12(2)10-16(14)15(13)9-11;1-11-5-3-7-15-13(11)9-10-14-12(2)6-4-8-16(14)15;1-11-6-7-13-8-9-14-12(2)4-3-5-15(14)16(13)10-11/h4*3-10H,1-2H3. The number of hydrogen-bond acceptors (Lipinski definition) is 0. The molecule has 0 unspecified atom stereocenters. The summed E-state index contributed by atoms with van der Waals surface area (Å²) in [6.07, 6.45) is 0. The molecular weight excluding hydrogens is 769 g/mol. The van der Waals surface area contributed by atoms with Crippen LogP contribution >= 0.6 is 0 Å². The van der Waals surface area contributed by atoms with Crippen LogP contribution < -0.4 is 0 Å². The van der Waals surface area contributed by atoms with Crippen LogP contribution in [0.5, 0.6) is 0 Å². The van der Waals surface area contributed by atoms with Gasteiger partial charge in [0.15, 0.2) is 0 Å². The zero-order valence-corrected chi connectivity index (χ0v) is 38.5. The predicted octanol–water partition coefficient (Wildman–Crippen LogP) is 18.4. The maximum atomic E-state index is 2.27. The van der Waals surface area contributed by atoms with Crippen molar-refractivity contribution in [2.75, 3.05) is 0 Å². The maximum absolute atomic E-state index is 2.27. The van der Waals surface area contributed by atoms with Crippen LogP contribution in [0.25, 0.3) is 86.2 Å². The van der Waals surface area contributed by atoms with Crippen molar-refractivity contribution >= 4 is 86.2 Å². The van der Waals surface area contributed by atoms with Crippen molar-refractivity contribution in [3.05, 3.63) is 239 Å². The van der Waals surface area contributed by atoms with E-state index in [1.807, 2.05) is 0 Å². The van der Waals surface area contributed by atoms with E-state index in [-0.39, 0.29) is 0 Å². The van der Waals surface area contributed by atoms with Crippen molar-refractivity contribution in [2.24, 2.45) is 0 Å². The second kappa shape index (κ2) is 17.8. The number of rotatable bonds is 0. The third kappa shape index (κ3) is 8.57. The molecule has 64 heavy (non-hydrogen) atoms. The Kier molecular flexibility index (Phi) is 11.7. The molecule has 0 aromatic heterocycles. The molecule has 0 aliphatic carbocycles. The van der Waals surface area contributed by atoms with Crippen molar-refractivity contribution in [2.45, 2.75) is 55.4 Å². The molecule has 0 heteroatoms. The van der Waals surface area contributed by atoms with Crippen LogP contribution in [0.15, 0.2) is 194 Å². The summed E-state index contributed by atoms with van der Waals surface area (Å²) in [6.45, 7) is 17.2. The third-order valence-corrected chi connectivity index (χ3v) is 12.9. The Bertz CT molecular complexity index is 3380. The molecule has 12 aromatic rings. The van der Waals surface area contributed by atoms with Gasteiger partial charge < -0.3 is 0 Å². The van der Waals surface area contributed by atoms with Gasteiger partial charge in [0.2, 0.25) is 0 Å². The minimum atomic E-state index is 1.32. The molecule has 0 spiro atoms. The zero-order valence-electron chi connectivity index (χ0n) is 38.5. The Balaban J connectivity index is 0.000000108. The fourth-order valence-corrected chi connectivity index (χ4v) is 9.39. The van der Waals surface area contributed by atoms with Crippen molar-refractivity contribution in [3.63, 3.8) is 0 Å². The minimum Gasteiger partial charge on any atom is -0.0613 e. The highest BCUT2D eigenvalue weighted by molar-refractivity contribution is 6.11. The fraction of sp³-hybridized carbons (Fsp3) is 0.125. The van der Waals surface area contributed by atoms with Crippen LogP contribution in [0, 0.1) is 55.4 Å². The van der Waals surface area contributed by atoms with Crippen LogP contribution in [0.2, 0.25) is 0 Å². The van der Waals surface area contributed by atoms with Gasteiger partial charge in [0.05, 0.1) is 0 Å². The van der Waals surface area contributed by atoms with E-state index in [0.717, 1.165) is 0 Å². The highest BCUT2D eigenvalue weighted by Gasteiger charge is 2.05. The Hall–Kier alpha value is -7.28.